The molecular formula is C23H21ClN2O3. The van der Waals surface area contributed by atoms with E-state index in [2.05, 4.69) is 10.5 Å². The van der Waals surface area contributed by atoms with Crippen molar-refractivity contribution >= 4 is 23.7 Å². The molecule has 0 aliphatic heterocycles. The van der Waals surface area contributed by atoms with Gasteiger partial charge >= 0.3 is 0 Å². The standard InChI is InChI=1S/C23H21ClN2O3/c1-2-28-21-9-5-3-7-18(21)15-25-26-23(27)20-8-4-6-10-22(20)29-16-17-11-13-19(24)14-12-17/h3-15H,2,16H2,1H3,(H,26,27). The molecule has 0 atom stereocenters. The van der Waals surface area contributed by atoms with Crippen LogP contribution in [0.25, 0.3) is 0 Å². The summed E-state index contributed by atoms with van der Waals surface area (Å²) >= 11 is 5.90. The fourth-order valence-corrected chi connectivity index (χ4v) is 2.74. The van der Waals surface area contributed by atoms with Crippen LogP contribution >= 0.6 is 11.6 Å². The second kappa shape index (κ2) is 10.3. The predicted molar refractivity (Wildman–Crippen MR) is 115 cm³/mol. The highest BCUT2D eigenvalue weighted by Gasteiger charge is 2.11. The lowest BCUT2D eigenvalue weighted by Gasteiger charge is -2.10. The van der Waals surface area contributed by atoms with Gasteiger partial charge in [0.25, 0.3) is 5.91 Å². The number of nitrogens with zero attached hydrogens (tertiary/aromatic N) is 1. The minimum absolute atomic E-state index is 0.326. The zero-order valence-electron chi connectivity index (χ0n) is 16.0. The third kappa shape index (κ3) is 5.83. The molecule has 29 heavy (non-hydrogen) atoms. The lowest BCUT2D eigenvalue weighted by atomic mass is 10.2. The van der Waals surface area contributed by atoms with Gasteiger partial charge < -0.3 is 9.47 Å². The first kappa shape index (κ1) is 20.4. The third-order valence-electron chi connectivity index (χ3n) is 4.03. The van der Waals surface area contributed by atoms with Gasteiger partial charge in [-0.25, -0.2) is 5.43 Å². The molecule has 5 nitrogen and oxygen atoms in total. The van der Waals surface area contributed by atoms with Gasteiger partial charge in [-0.2, -0.15) is 5.10 Å². The molecule has 0 saturated heterocycles. The van der Waals surface area contributed by atoms with E-state index in [0.717, 1.165) is 11.1 Å². The van der Waals surface area contributed by atoms with Gasteiger partial charge in [0.05, 0.1) is 18.4 Å². The molecule has 1 amide bonds. The molecule has 3 aromatic rings. The molecule has 0 unspecified atom stereocenters. The Balaban J connectivity index is 1.66. The number of nitrogens with one attached hydrogen (secondary N) is 1. The number of hydrogen-bond donors (Lipinski definition) is 1. The van der Waals surface area contributed by atoms with E-state index in [1.807, 2.05) is 49.4 Å². The molecule has 0 saturated carbocycles. The second-order valence-electron chi connectivity index (χ2n) is 6.08. The lowest BCUT2D eigenvalue weighted by Crippen LogP contribution is -2.18. The zero-order valence-corrected chi connectivity index (χ0v) is 16.7. The van der Waals surface area contributed by atoms with E-state index in [1.165, 1.54) is 0 Å². The summed E-state index contributed by atoms with van der Waals surface area (Å²) in [4.78, 5) is 12.6. The van der Waals surface area contributed by atoms with Crippen molar-refractivity contribution in [1.82, 2.24) is 5.43 Å². The highest BCUT2D eigenvalue weighted by atomic mass is 35.5. The molecular weight excluding hydrogens is 388 g/mol. The van der Waals surface area contributed by atoms with Gasteiger partial charge in [0.1, 0.15) is 18.1 Å². The average Bonchev–Trinajstić information content (AvgIpc) is 2.75. The number of carbonyl (C=O) groups is 1. The second-order valence-corrected chi connectivity index (χ2v) is 6.52. The van der Waals surface area contributed by atoms with Crippen LogP contribution in [0.1, 0.15) is 28.4 Å². The summed E-state index contributed by atoms with van der Waals surface area (Å²) in [6.45, 7) is 2.79. The van der Waals surface area contributed by atoms with Gasteiger partial charge in [-0.3, -0.25) is 4.79 Å². The van der Waals surface area contributed by atoms with Crippen molar-refractivity contribution in [2.75, 3.05) is 6.61 Å². The van der Waals surface area contributed by atoms with E-state index in [0.29, 0.717) is 35.3 Å². The van der Waals surface area contributed by atoms with Gasteiger partial charge in [0.15, 0.2) is 0 Å². The van der Waals surface area contributed by atoms with Gasteiger partial charge in [0.2, 0.25) is 0 Å². The molecule has 0 fully saturated rings. The quantitative estimate of drug-likeness (QED) is 0.417. The Bertz CT molecular complexity index is 987. The van der Waals surface area contributed by atoms with Crippen LogP contribution in [0.2, 0.25) is 5.02 Å². The Labute approximate surface area is 174 Å². The first-order valence-corrected chi connectivity index (χ1v) is 9.56. The minimum Gasteiger partial charge on any atom is -0.493 e. The molecule has 0 spiro atoms. The summed E-state index contributed by atoms with van der Waals surface area (Å²) in [6.07, 6.45) is 1.56. The van der Waals surface area contributed by atoms with E-state index in [1.54, 1.807) is 36.5 Å². The van der Waals surface area contributed by atoms with Crippen LogP contribution in [0.3, 0.4) is 0 Å². The molecule has 3 rings (SSSR count). The fourth-order valence-electron chi connectivity index (χ4n) is 2.62. The third-order valence-corrected chi connectivity index (χ3v) is 4.28. The fraction of sp³-hybridized carbons (Fsp3) is 0.130. The van der Waals surface area contributed by atoms with Crippen LogP contribution in [0.5, 0.6) is 11.5 Å². The molecule has 0 radical (unpaired) electrons. The van der Waals surface area contributed by atoms with Gasteiger partial charge in [-0.1, -0.05) is 48.0 Å². The van der Waals surface area contributed by atoms with Crippen LogP contribution in [0, 0.1) is 0 Å². The number of para-hydroxylation sites is 2. The van der Waals surface area contributed by atoms with Crippen molar-refractivity contribution in [2.45, 2.75) is 13.5 Å². The number of carbonyl (C=O) groups excluding carboxylic acids is 1. The van der Waals surface area contributed by atoms with Crippen LogP contribution in [-0.4, -0.2) is 18.7 Å². The molecule has 0 aliphatic carbocycles. The first-order valence-electron chi connectivity index (χ1n) is 9.19. The Morgan fingerprint density at radius 2 is 1.66 bits per heavy atom. The zero-order chi connectivity index (χ0) is 20.5. The Hall–Kier alpha value is -3.31. The van der Waals surface area contributed by atoms with Crippen LogP contribution in [-0.2, 0) is 6.61 Å². The van der Waals surface area contributed by atoms with Crippen molar-refractivity contribution in [3.8, 4) is 11.5 Å². The van der Waals surface area contributed by atoms with Crippen LogP contribution in [0.4, 0.5) is 0 Å². The number of halogens is 1. The maximum Gasteiger partial charge on any atom is 0.275 e. The van der Waals surface area contributed by atoms with E-state index < -0.39 is 0 Å². The first-order chi connectivity index (χ1) is 14.2. The summed E-state index contributed by atoms with van der Waals surface area (Å²) in [5, 5.41) is 4.72. The van der Waals surface area contributed by atoms with Crippen LogP contribution in [0.15, 0.2) is 77.9 Å². The van der Waals surface area contributed by atoms with Crippen molar-refractivity contribution < 1.29 is 14.3 Å². The molecule has 148 valence electrons. The highest BCUT2D eigenvalue weighted by Crippen LogP contribution is 2.20. The summed E-state index contributed by atoms with van der Waals surface area (Å²) in [7, 11) is 0. The smallest absolute Gasteiger partial charge is 0.275 e. The Morgan fingerprint density at radius 3 is 2.41 bits per heavy atom. The summed E-state index contributed by atoms with van der Waals surface area (Å²) < 4.78 is 11.4. The summed E-state index contributed by atoms with van der Waals surface area (Å²) in [6, 6.07) is 21.9. The monoisotopic (exact) mass is 408 g/mol. The van der Waals surface area contributed by atoms with Crippen LogP contribution < -0.4 is 14.9 Å². The average molecular weight is 409 g/mol. The maximum atomic E-state index is 12.6. The number of rotatable bonds is 8. The molecule has 3 aromatic carbocycles. The van der Waals surface area contributed by atoms with Gasteiger partial charge in [-0.05, 0) is 48.9 Å². The van der Waals surface area contributed by atoms with E-state index in [4.69, 9.17) is 21.1 Å². The lowest BCUT2D eigenvalue weighted by molar-refractivity contribution is 0.0950. The van der Waals surface area contributed by atoms with Gasteiger partial charge in [0, 0.05) is 10.6 Å². The number of amides is 1. The van der Waals surface area contributed by atoms with Crippen molar-refractivity contribution in [1.29, 1.82) is 0 Å². The molecule has 0 aliphatic rings. The number of hydrogen-bond acceptors (Lipinski definition) is 4. The normalized spacial score (nSPS) is 10.7. The number of benzene rings is 3. The van der Waals surface area contributed by atoms with E-state index in [9.17, 15) is 4.79 Å². The van der Waals surface area contributed by atoms with Gasteiger partial charge in [-0.15, -0.1) is 0 Å². The molecule has 0 heterocycles. The van der Waals surface area contributed by atoms with Crippen molar-refractivity contribution in [3.63, 3.8) is 0 Å². The van der Waals surface area contributed by atoms with E-state index >= 15 is 0 Å². The topological polar surface area (TPSA) is 59.9 Å². The molecule has 1 N–H and O–H groups in total. The number of ether oxygens (including phenoxy) is 2. The molecule has 6 heteroatoms. The summed E-state index contributed by atoms with van der Waals surface area (Å²) in [5.74, 6) is 0.825. The summed E-state index contributed by atoms with van der Waals surface area (Å²) in [5.41, 5.74) is 4.67. The van der Waals surface area contributed by atoms with Crippen molar-refractivity contribution in [3.05, 3.63) is 94.5 Å². The largest absolute Gasteiger partial charge is 0.493 e. The maximum absolute atomic E-state index is 12.6. The molecule has 0 bridgehead atoms. The molecule has 0 aromatic heterocycles. The van der Waals surface area contributed by atoms with Crippen molar-refractivity contribution in [2.24, 2.45) is 5.10 Å². The Morgan fingerprint density at radius 1 is 0.966 bits per heavy atom. The predicted octanol–water partition coefficient (Wildman–Crippen LogP) is 5.08. The minimum atomic E-state index is -0.359. The number of hydrazone groups is 1. The van der Waals surface area contributed by atoms with E-state index in [-0.39, 0.29) is 5.91 Å². The SMILES string of the molecule is CCOc1ccccc1C=NNC(=O)c1ccccc1OCc1ccc(Cl)cc1. The highest BCUT2D eigenvalue weighted by molar-refractivity contribution is 6.30. The Kier molecular flexibility index (Phi) is 7.25.